The largest absolute Gasteiger partial charge is 0.480 e. The molecule has 2 heterocycles. The Bertz CT molecular complexity index is 2170. The number of benzene rings is 4. The highest BCUT2D eigenvalue weighted by Crippen LogP contribution is 2.29. The fourth-order valence-corrected chi connectivity index (χ4v) is 6.07. The molecule has 0 aliphatic heterocycles. The standard InChI is InChI=1S/C38H34N4O6/c1-38(37(46)47,20-24-22-40-32-18-10-8-12-26(24)32)42-35(44)30-16-6-4-14-28(30)27-13-3-5-15-29(27)34(43)41-33(36(45)48-2)19-23-21-39-31-17-9-7-11-25(23)31/h3-18,21-22,33,39-40H,19-20H2,1-2H3,(H,41,43)(H,42,44)(H,46,47)/t33-,38-/m0/s1. The third-order valence-electron chi connectivity index (χ3n) is 8.60. The van der Waals surface area contributed by atoms with Gasteiger partial charge in [0.2, 0.25) is 0 Å². The van der Waals surface area contributed by atoms with Crippen LogP contribution in [0.25, 0.3) is 32.9 Å². The second-order valence-electron chi connectivity index (χ2n) is 11.8. The molecule has 0 aliphatic carbocycles. The SMILES string of the molecule is COC(=O)[C@H](Cc1c[nH]c2ccccc12)NC(=O)c1ccccc1-c1ccccc1C(=O)N[C@@](C)(Cc1c[nH]c2ccccc12)C(=O)O. The summed E-state index contributed by atoms with van der Waals surface area (Å²) in [4.78, 5) is 59.5. The van der Waals surface area contributed by atoms with Crippen molar-refractivity contribution in [3.05, 3.63) is 132 Å². The summed E-state index contributed by atoms with van der Waals surface area (Å²) < 4.78 is 5.04. The molecular formula is C38H34N4O6. The molecule has 0 radical (unpaired) electrons. The van der Waals surface area contributed by atoms with Crippen LogP contribution in [-0.4, -0.2) is 57.5 Å². The minimum atomic E-state index is -1.65. The number of rotatable bonds is 11. The van der Waals surface area contributed by atoms with Gasteiger partial charge in [0, 0.05) is 58.2 Å². The summed E-state index contributed by atoms with van der Waals surface area (Å²) in [6.07, 6.45) is 3.78. The van der Waals surface area contributed by atoms with Crippen molar-refractivity contribution >= 4 is 45.6 Å². The maximum atomic E-state index is 13.9. The van der Waals surface area contributed by atoms with Crippen molar-refractivity contribution in [2.24, 2.45) is 0 Å². The van der Waals surface area contributed by atoms with Crippen LogP contribution in [-0.2, 0) is 27.2 Å². The van der Waals surface area contributed by atoms with Crippen molar-refractivity contribution in [1.82, 2.24) is 20.6 Å². The number of methoxy groups -OCH3 is 1. The molecule has 10 heteroatoms. The number of aliphatic carboxylic acids is 1. The van der Waals surface area contributed by atoms with Gasteiger partial charge in [-0.1, -0.05) is 72.8 Å². The molecule has 2 atom stereocenters. The van der Waals surface area contributed by atoms with Crippen LogP contribution in [0.2, 0.25) is 0 Å². The van der Waals surface area contributed by atoms with Gasteiger partial charge in [0.1, 0.15) is 11.6 Å². The number of fused-ring (bicyclic) bond motifs is 2. The molecule has 6 aromatic rings. The Hall–Kier alpha value is -6.16. The van der Waals surface area contributed by atoms with Gasteiger partial charge in [0.25, 0.3) is 11.8 Å². The van der Waals surface area contributed by atoms with E-state index in [1.807, 2.05) is 48.5 Å². The van der Waals surface area contributed by atoms with Crippen molar-refractivity contribution in [3.8, 4) is 11.1 Å². The molecule has 6 rings (SSSR count). The molecule has 0 unspecified atom stereocenters. The van der Waals surface area contributed by atoms with Gasteiger partial charge in [-0.05, 0) is 53.4 Å². The molecular weight excluding hydrogens is 608 g/mol. The van der Waals surface area contributed by atoms with Crippen LogP contribution in [0.4, 0.5) is 0 Å². The molecule has 0 bridgehead atoms. The van der Waals surface area contributed by atoms with E-state index in [-0.39, 0.29) is 24.0 Å². The van der Waals surface area contributed by atoms with Gasteiger partial charge in [-0.3, -0.25) is 9.59 Å². The number of esters is 1. The van der Waals surface area contributed by atoms with Gasteiger partial charge in [0.05, 0.1) is 7.11 Å². The third kappa shape index (κ3) is 6.28. The molecule has 4 aromatic carbocycles. The van der Waals surface area contributed by atoms with Gasteiger partial charge >= 0.3 is 11.9 Å². The summed E-state index contributed by atoms with van der Waals surface area (Å²) in [5, 5.41) is 17.7. The average Bonchev–Trinajstić information content (AvgIpc) is 3.71. The van der Waals surface area contributed by atoms with E-state index in [0.29, 0.717) is 11.1 Å². The van der Waals surface area contributed by atoms with Crippen LogP contribution in [0.1, 0.15) is 38.8 Å². The zero-order chi connectivity index (χ0) is 33.8. The summed E-state index contributed by atoms with van der Waals surface area (Å²) in [5.74, 6) is -2.94. The van der Waals surface area contributed by atoms with E-state index in [1.165, 1.54) is 14.0 Å². The van der Waals surface area contributed by atoms with Crippen LogP contribution < -0.4 is 10.6 Å². The van der Waals surface area contributed by atoms with Crippen molar-refractivity contribution < 1.29 is 29.0 Å². The Kier molecular flexibility index (Phi) is 8.81. The van der Waals surface area contributed by atoms with Gasteiger partial charge in [-0.15, -0.1) is 0 Å². The number of aromatic amines is 2. The molecule has 0 saturated carbocycles. The second-order valence-corrected chi connectivity index (χ2v) is 11.8. The Morgan fingerprint density at radius 1 is 0.729 bits per heavy atom. The van der Waals surface area contributed by atoms with Gasteiger partial charge < -0.3 is 30.4 Å². The van der Waals surface area contributed by atoms with Crippen molar-refractivity contribution in [3.63, 3.8) is 0 Å². The van der Waals surface area contributed by atoms with Crippen LogP contribution in [0.3, 0.4) is 0 Å². The topological polar surface area (TPSA) is 153 Å². The van der Waals surface area contributed by atoms with Gasteiger partial charge in [-0.25, -0.2) is 9.59 Å². The minimum absolute atomic E-state index is 0.0323. The molecule has 10 nitrogen and oxygen atoms in total. The fraction of sp³-hybridized carbons (Fsp3) is 0.158. The Morgan fingerprint density at radius 2 is 1.23 bits per heavy atom. The number of hydrogen-bond acceptors (Lipinski definition) is 5. The predicted octanol–water partition coefficient (Wildman–Crippen LogP) is 5.65. The van der Waals surface area contributed by atoms with E-state index in [9.17, 15) is 24.3 Å². The van der Waals surface area contributed by atoms with Crippen LogP contribution in [0, 0.1) is 0 Å². The average molecular weight is 643 g/mol. The first-order valence-corrected chi connectivity index (χ1v) is 15.4. The smallest absolute Gasteiger partial charge is 0.329 e. The van der Waals surface area contributed by atoms with Crippen molar-refractivity contribution in [2.45, 2.75) is 31.3 Å². The normalized spacial score (nSPS) is 13.0. The Morgan fingerprint density at radius 3 is 1.81 bits per heavy atom. The van der Waals surface area contributed by atoms with E-state index >= 15 is 0 Å². The van der Waals surface area contributed by atoms with E-state index in [1.54, 1.807) is 60.9 Å². The monoisotopic (exact) mass is 642 g/mol. The summed E-state index contributed by atoms with van der Waals surface area (Å²) >= 11 is 0. The third-order valence-corrected chi connectivity index (χ3v) is 8.60. The quantitative estimate of drug-likeness (QED) is 0.115. The summed E-state index contributed by atoms with van der Waals surface area (Å²) in [6.45, 7) is 1.47. The lowest BCUT2D eigenvalue weighted by atomic mass is 9.90. The minimum Gasteiger partial charge on any atom is -0.480 e. The highest BCUT2D eigenvalue weighted by atomic mass is 16.5. The first kappa shape index (κ1) is 31.8. The first-order chi connectivity index (χ1) is 23.2. The highest BCUT2D eigenvalue weighted by Gasteiger charge is 2.37. The molecule has 242 valence electrons. The maximum absolute atomic E-state index is 13.9. The number of para-hydroxylation sites is 2. The van der Waals surface area contributed by atoms with E-state index in [2.05, 4.69) is 20.6 Å². The lowest BCUT2D eigenvalue weighted by molar-refractivity contribution is -0.144. The molecule has 0 aliphatic rings. The van der Waals surface area contributed by atoms with Crippen LogP contribution in [0.5, 0.6) is 0 Å². The molecule has 0 saturated heterocycles. The number of carbonyl (C=O) groups is 4. The lowest BCUT2D eigenvalue weighted by Crippen LogP contribution is -2.53. The Balaban J connectivity index is 1.28. The van der Waals surface area contributed by atoms with Crippen LogP contribution in [0.15, 0.2) is 109 Å². The number of carbonyl (C=O) groups excluding carboxylic acids is 3. The number of hydrogen-bond donors (Lipinski definition) is 5. The Labute approximate surface area is 276 Å². The van der Waals surface area contributed by atoms with Crippen molar-refractivity contribution in [2.75, 3.05) is 7.11 Å². The first-order valence-electron chi connectivity index (χ1n) is 15.4. The number of nitrogens with one attached hydrogen (secondary N) is 4. The second kappa shape index (κ2) is 13.3. The molecule has 0 fully saturated rings. The molecule has 0 spiro atoms. The predicted molar refractivity (Wildman–Crippen MR) is 183 cm³/mol. The zero-order valence-corrected chi connectivity index (χ0v) is 26.4. The van der Waals surface area contributed by atoms with Gasteiger partial charge in [-0.2, -0.15) is 0 Å². The summed E-state index contributed by atoms with van der Waals surface area (Å²) in [5.41, 5.74) is 2.98. The number of H-pyrrole nitrogens is 2. The molecule has 48 heavy (non-hydrogen) atoms. The van der Waals surface area contributed by atoms with Gasteiger partial charge in [0.15, 0.2) is 0 Å². The maximum Gasteiger partial charge on any atom is 0.329 e. The molecule has 2 aromatic heterocycles. The zero-order valence-electron chi connectivity index (χ0n) is 26.4. The lowest BCUT2D eigenvalue weighted by Gasteiger charge is -2.27. The number of carboxylic acids is 1. The van der Waals surface area contributed by atoms with E-state index in [4.69, 9.17) is 4.74 Å². The highest BCUT2D eigenvalue weighted by molar-refractivity contribution is 6.08. The fourth-order valence-electron chi connectivity index (χ4n) is 6.07. The van der Waals surface area contributed by atoms with Crippen LogP contribution >= 0.6 is 0 Å². The summed E-state index contributed by atoms with van der Waals surface area (Å²) in [7, 11) is 1.27. The van der Waals surface area contributed by atoms with Crippen molar-refractivity contribution in [1.29, 1.82) is 0 Å². The van der Waals surface area contributed by atoms with E-state index in [0.717, 1.165) is 32.9 Å². The number of carboxylic acid groups (broad SMARTS) is 1. The molecule has 5 N–H and O–H groups in total. The summed E-state index contributed by atoms with van der Waals surface area (Å²) in [6, 6.07) is 27.7. The number of aromatic nitrogens is 2. The number of amides is 2. The number of ether oxygens (including phenoxy) is 1. The molecule has 2 amide bonds. The van der Waals surface area contributed by atoms with E-state index < -0.39 is 35.3 Å².